The minimum absolute atomic E-state index is 0.0179. The van der Waals surface area contributed by atoms with Crippen LogP contribution in [0, 0.1) is 0 Å². The Bertz CT molecular complexity index is 526. The summed E-state index contributed by atoms with van der Waals surface area (Å²) in [5, 5.41) is 11.7. The molecule has 1 aromatic carbocycles. The quantitative estimate of drug-likeness (QED) is 0.861. The largest absolute Gasteiger partial charge is 0.508 e. The molecular weight excluding hydrogens is 254 g/mol. The van der Waals surface area contributed by atoms with Crippen LogP contribution < -0.4 is 5.32 Å². The van der Waals surface area contributed by atoms with Gasteiger partial charge in [-0.05, 0) is 45.0 Å². The average molecular weight is 271 g/mol. The Balaban J connectivity index is 2.83. The van der Waals surface area contributed by atoms with E-state index in [1.54, 1.807) is 20.8 Å². The van der Waals surface area contributed by atoms with E-state index in [0.29, 0.717) is 0 Å². The second-order valence-electron chi connectivity index (χ2n) is 5.05. The van der Waals surface area contributed by atoms with E-state index in [-0.39, 0.29) is 10.6 Å². The zero-order valence-corrected chi connectivity index (χ0v) is 11.4. The summed E-state index contributed by atoms with van der Waals surface area (Å²) in [7, 11) is -3.67. The third-order valence-electron chi connectivity index (χ3n) is 2.03. The van der Waals surface area contributed by atoms with Gasteiger partial charge >= 0.3 is 0 Å². The molecule has 0 atom stereocenters. The number of sulfone groups is 1. The third-order valence-corrected chi connectivity index (χ3v) is 3.66. The average Bonchev–Trinajstić information content (AvgIpc) is 2.13. The number of amides is 1. The van der Waals surface area contributed by atoms with Crippen molar-refractivity contribution in [1.29, 1.82) is 0 Å². The fraction of sp³-hybridized carbons (Fsp3) is 0.417. The van der Waals surface area contributed by atoms with Crippen molar-refractivity contribution in [2.45, 2.75) is 31.2 Å². The summed E-state index contributed by atoms with van der Waals surface area (Å²) >= 11 is 0. The minimum atomic E-state index is -3.67. The van der Waals surface area contributed by atoms with Crippen LogP contribution in [0.1, 0.15) is 20.8 Å². The van der Waals surface area contributed by atoms with E-state index in [1.165, 1.54) is 24.3 Å². The standard InChI is InChI=1S/C12H17NO4S/c1-12(2,3)13-11(15)8-18(16,17)10-6-4-9(14)5-7-10/h4-7,14H,8H2,1-3H3,(H,13,15). The van der Waals surface area contributed by atoms with E-state index in [0.717, 1.165) is 0 Å². The van der Waals surface area contributed by atoms with Crippen LogP contribution in [0.2, 0.25) is 0 Å². The molecule has 6 heteroatoms. The highest BCUT2D eigenvalue weighted by Gasteiger charge is 2.22. The Hall–Kier alpha value is -1.56. The number of hydrogen-bond acceptors (Lipinski definition) is 4. The summed E-state index contributed by atoms with van der Waals surface area (Å²) in [4.78, 5) is 11.6. The molecule has 1 aromatic rings. The van der Waals surface area contributed by atoms with Crippen molar-refractivity contribution in [3.8, 4) is 5.75 Å². The zero-order valence-electron chi connectivity index (χ0n) is 10.6. The second-order valence-corrected chi connectivity index (χ2v) is 7.04. The number of aromatic hydroxyl groups is 1. The lowest BCUT2D eigenvalue weighted by atomic mass is 10.1. The van der Waals surface area contributed by atoms with E-state index in [2.05, 4.69) is 5.32 Å². The number of phenols is 1. The van der Waals surface area contributed by atoms with Gasteiger partial charge in [-0.3, -0.25) is 4.79 Å². The maximum Gasteiger partial charge on any atom is 0.235 e. The fourth-order valence-corrected chi connectivity index (χ4v) is 2.50. The maximum absolute atomic E-state index is 11.9. The van der Waals surface area contributed by atoms with E-state index in [9.17, 15) is 13.2 Å². The van der Waals surface area contributed by atoms with Gasteiger partial charge in [0.25, 0.3) is 0 Å². The molecule has 1 amide bonds. The summed E-state index contributed by atoms with van der Waals surface area (Å²) in [6.07, 6.45) is 0. The third kappa shape index (κ3) is 4.37. The second kappa shape index (κ2) is 4.97. The van der Waals surface area contributed by atoms with E-state index >= 15 is 0 Å². The van der Waals surface area contributed by atoms with Gasteiger partial charge in [0, 0.05) is 5.54 Å². The van der Waals surface area contributed by atoms with Crippen molar-refractivity contribution in [3.63, 3.8) is 0 Å². The molecule has 0 saturated carbocycles. The molecular formula is C12H17NO4S. The normalized spacial score (nSPS) is 12.2. The summed E-state index contributed by atoms with van der Waals surface area (Å²) in [5.74, 6) is -1.17. The molecule has 0 saturated heterocycles. The van der Waals surface area contributed by atoms with Crippen molar-refractivity contribution >= 4 is 15.7 Å². The monoisotopic (exact) mass is 271 g/mol. The number of hydrogen-bond donors (Lipinski definition) is 2. The molecule has 1 rings (SSSR count). The number of carbonyl (C=O) groups excluding carboxylic acids is 1. The first-order valence-corrected chi connectivity index (χ1v) is 7.08. The first-order valence-electron chi connectivity index (χ1n) is 5.43. The van der Waals surface area contributed by atoms with Crippen LogP contribution in [0.3, 0.4) is 0 Å². The van der Waals surface area contributed by atoms with Gasteiger partial charge in [0.15, 0.2) is 9.84 Å². The maximum atomic E-state index is 11.9. The van der Waals surface area contributed by atoms with Gasteiger partial charge in [-0.25, -0.2) is 8.42 Å². The highest BCUT2D eigenvalue weighted by Crippen LogP contribution is 2.15. The van der Waals surface area contributed by atoms with Gasteiger partial charge in [-0.2, -0.15) is 0 Å². The van der Waals surface area contributed by atoms with Gasteiger partial charge in [0.05, 0.1) is 4.90 Å². The summed E-state index contributed by atoms with van der Waals surface area (Å²) in [6.45, 7) is 5.33. The lowest BCUT2D eigenvalue weighted by Gasteiger charge is -2.20. The molecule has 0 aliphatic carbocycles. The van der Waals surface area contributed by atoms with E-state index in [4.69, 9.17) is 5.11 Å². The summed E-state index contributed by atoms with van der Waals surface area (Å²) in [5.41, 5.74) is -0.471. The van der Waals surface area contributed by atoms with Crippen molar-refractivity contribution in [2.24, 2.45) is 0 Å². The molecule has 0 spiro atoms. The molecule has 100 valence electrons. The Morgan fingerprint density at radius 1 is 1.22 bits per heavy atom. The van der Waals surface area contributed by atoms with Crippen molar-refractivity contribution in [2.75, 3.05) is 5.75 Å². The molecule has 0 bridgehead atoms. The van der Waals surface area contributed by atoms with Gasteiger partial charge in [0.2, 0.25) is 5.91 Å². The minimum Gasteiger partial charge on any atom is -0.508 e. The molecule has 0 radical (unpaired) electrons. The van der Waals surface area contributed by atoms with Gasteiger partial charge in [-0.15, -0.1) is 0 Å². The lowest BCUT2D eigenvalue weighted by Crippen LogP contribution is -2.43. The van der Waals surface area contributed by atoms with E-state index < -0.39 is 27.0 Å². The molecule has 0 aliphatic rings. The number of nitrogens with one attached hydrogen (secondary N) is 1. The molecule has 0 unspecified atom stereocenters. The topological polar surface area (TPSA) is 83.5 Å². The smallest absolute Gasteiger partial charge is 0.235 e. The first-order chi connectivity index (χ1) is 8.10. The molecule has 0 aliphatic heterocycles. The Morgan fingerprint density at radius 2 is 1.72 bits per heavy atom. The van der Waals surface area contributed by atoms with Crippen molar-refractivity contribution < 1.29 is 18.3 Å². The van der Waals surface area contributed by atoms with Crippen LogP contribution in [-0.4, -0.2) is 30.7 Å². The molecule has 2 N–H and O–H groups in total. The van der Waals surface area contributed by atoms with Gasteiger partial charge in [-0.1, -0.05) is 0 Å². The predicted octanol–water partition coefficient (Wildman–Crippen LogP) is 1.08. The molecule has 0 heterocycles. The number of benzene rings is 1. The van der Waals surface area contributed by atoms with Crippen molar-refractivity contribution in [3.05, 3.63) is 24.3 Å². The number of phenolic OH excluding ortho intramolecular Hbond substituents is 1. The van der Waals surface area contributed by atoms with Crippen LogP contribution >= 0.6 is 0 Å². The Morgan fingerprint density at radius 3 is 2.17 bits per heavy atom. The summed E-state index contributed by atoms with van der Waals surface area (Å²) < 4.78 is 23.8. The van der Waals surface area contributed by atoms with E-state index in [1.807, 2.05) is 0 Å². The van der Waals surface area contributed by atoms with Gasteiger partial charge < -0.3 is 10.4 Å². The first kappa shape index (κ1) is 14.5. The Labute approximate surface area is 107 Å². The molecule has 0 aromatic heterocycles. The molecule has 0 fully saturated rings. The van der Waals surface area contributed by atoms with Gasteiger partial charge in [0.1, 0.15) is 11.5 Å². The summed E-state index contributed by atoms with van der Waals surface area (Å²) in [6, 6.07) is 5.09. The number of rotatable bonds is 3. The van der Waals surface area contributed by atoms with Crippen molar-refractivity contribution in [1.82, 2.24) is 5.32 Å². The fourth-order valence-electron chi connectivity index (χ4n) is 1.36. The van der Waals surface area contributed by atoms with Crippen LogP contribution in [0.25, 0.3) is 0 Å². The highest BCUT2D eigenvalue weighted by atomic mass is 32.2. The van der Waals surface area contributed by atoms with Crippen LogP contribution in [-0.2, 0) is 14.6 Å². The SMILES string of the molecule is CC(C)(C)NC(=O)CS(=O)(=O)c1ccc(O)cc1. The van der Waals surface area contributed by atoms with Crippen LogP contribution in [0.15, 0.2) is 29.2 Å². The molecule has 18 heavy (non-hydrogen) atoms. The predicted molar refractivity (Wildman–Crippen MR) is 68.1 cm³/mol. The number of carbonyl (C=O) groups is 1. The lowest BCUT2D eigenvalue weighted by molar-refractivity contribution is -0.120. The van der Waals surface area contributed by atoms with Crippen LogP contribution in [0.4, 0.5) is 0 Å². The van der Waals surface area contributed by atoms with Crippen LogP contribution in [0.5, 0.6) is 5.75 Å². The zero-order chi connectivity index (χ0) is 14.0. The highest BCUT2D eigenvalue weighted by molar-refractivity contribution is 7.92. The molecule has 5 nitrogen and oxygen atoms in total. The Kier molecular flexibility index (Phi) is 4.01.